The third-order valence-electron chi connectivity index (χ3n) is 3.19. The molecule has 2 aromatic rings. The zero-order valence-electron chi connectivity index (χ0n) is 12.0. The summed E-state index contributed by atoms with van der Waals surface area (Å²) in [6, 6.07) is 14.5. The summed E-state index contributed by atoms with van der Waals surface area (Å²) in [5.74, 6) is -0.228. The third-order valence-corrected chi connectivity index (χ3v) is 3.71. The van der Waals surface area contributed by atoms with E-state index in [1.165, 1.54) is 12.1 Å². The van der Waals surface area contributed by atoms with Crippen LogP contribution in [0, 0.1) is 5.82 Å². The Morgan fingerprint density at radius 2 is 1.76 bits per heavy atom. The van der Waals surface area contributed by atoms with Gasteiger partial charge in [-0.1, -0.05) is 47.1 Å². The topological polar surface area (TPSA) is 21.3 Å². The Morgan fingerprint density at radius 1 is 1.10 bits per heavy atom. The van der Waals surface area contributed by atoms with E-state index in [-0.39, 0.29) is 11.9 Å². The number of halogens is 2. The van der Waals surface area contributed by atoms with Crippen LogP contribution in [0.15, 0.2) is 53.0 Å². The maximum absolute atomic E-state index is 13.0. The van der Waals surface area contributed by atoms with E-state index < -0.39 is 0 Å². The molecule has 0 amide bonds. The Hall–Kier alpha value is -1.23. The molecule has 1 atom stereocenters. The van der Waals surface area contributed by atoms with Gasteiger partial charge in [-0.05, 0) is 41.9 Å². The van der Waals surface area contributed by atoms with Gasteiger partial charge in [-0.15, -0.1) is 0 Å². The molecular weight excluding hydrogens is 333 g/mol. The molecule has 0 heterocycles. The minimum Gasteiger partial charge on any atom is -0.368 e. The van der Waals surface area contributed by atoms with Gasteiger partial charge in [0, 0.05) is 11.0 Å². The van der Waals surface area contributed by atoms with E-state index in [1.807, 2.05) is 24.3 Å². The first-order valence-corrected chi connectivity index (χ1v) is 7.80. The molecule has 112 valence electrons. The third kappa shape index (κ3) is 5.23. The van der Waals surface area contributed by atoms with Crippen LogP contribution in [0.25, 0.3) is 0 Å². The molecule has 0 aromatic heterocycles. The lowest BCUT2D eigenvalue weighted by molar-refractivity contribution is 0.0401. The molecule has 0 saturated heterocycles. The number of rotatable bonds is 7. The fourth-order valence-electron chi connectivity index (χ4n) is 2.00. The van der Waals surface area contributed by atoms with Gasteiger partial charge in [0.2, 0.25) is 0 Å². The van der Waals surface area contributed by atoms with Crippen molar-refractivity contribution in [2.24, 2.45) is 0 Å². The van der Waals surface area contributed by atoms with Crippen molar-refractivity contribution in [2.45, 2.75) is 19.6 Å². The van der Waals surface area contributed by atoms with Gasteiger partial charge in [-0.3, -0.25) is 0 Å². The number of benzene rings is 2. The number of hydrogen-bond donors (Lipinski definition) is 1. The molecule has 0 spiro atoms. The molecule has 1 N–H and O–H groups in total. The van der Waals surface area contributed by atoms with Gasteiger partial charge in [-0.2, -0.15) is 0 Å². The zero-order chi connectivity index (χ0) is 15.1. The van der Waals surface area contributed by atoms with Crippen molar-refractivity contribution in [1.82, 2.24) is 5.32 Å². The van der Waals surface area contributed by atoms with Gasteiger partial charge in [0.15, 0.2) is 0 Å². The summed E-state index contributed by atoms with van der Waals surface area (Å²) < 4.78 is 20.1. The maximum atomic E-state index is 13.0. The van der Waals surface area contributed by atoms with Crippen LogP contribution in [-0.2, 0) is 11.3 Å². The average Bonchev–Trinajstić information content (AvgIpc) is 2.50. The summed E-state index contributed by atoms with van der Waals surface area (Å²) in [4.78, 5) is 0. The predicted molar refractivity (Wildman–Crippen MR) is 86.6 cm³/mol. The summed E-state index contributed by atoms with van der Waals surface area (Å²) >= 11 is 3.42. The lowest BCUT2D eigenvalue weighted by atomic mass is 10.1. The largest absolute Gasteiger partial charge is 0.368 e. The molecule has 2 aromatic carbocycles. The Balaban J connectivity index is 2.02. The SMILES string of the molecule is CCNCC(OCc1ccc(Br)cc1)c1ccc(F)cc1. The molecule has 4 heteroatoms. The number of nitrogens with one attached hydrogen (secondary N) is 1. The lowest BCUT2D eigenvalue weighted by Crippen LogP contribution is -2.23. The van der Waals surface area contributed by atoms with E-state index in [9.17, 15) is 4.39 Å². The van der Waals surface area contributed by atoms with Crippen LogP contribution in [0.5, 0.6) is 0 Å². The van der Waals surface area contributed by atoms with E-state index in [1.54, 1.807) is 12.1 Å². The van der Waals surface area contributed by atoms with Crippen LogP contribution in [0.3, 0.4) is 0 Å². The van der Waals surface area contributed by atoms with Crippen molar-refractivity contribution in [3.05, 3.63) is 69.9 Å². The molecule has 21 heavy (non-hydrogen) atoms. The van der Waals surface area contributed by atoms with Crippen molar-refractivity contribution >= 4 is 15.9 Å². The van der Waals surface area contributed by atoms with Crippen LogP contribution in [0.2, 0.25) is 0 Å². The van der Waals surface area contributed by atoms with E-state index in [2.05, 4.69) is 28.2 Å². The van der Waals surface area contributed by atoms with Gasteiger partial charge in [0.25, 0.3) is 0 Å². The lowest BCUT2D eigenvalue weighted by Gasteiger charge is -2.19. The minimum atomic E-state index is -0.228. The van der Waals surface area contributed by atoms with Crippen LogP contribution < -0.4 is 5.32 Å². The monoisotopic (exact) mass is 351 g/mol. The molecule has 0 saturated carbocycles. The summed E-state index contributed by atoms with van der Waals surface area (Å²) in [6.07, 6.45) is -0.0887. The zero-order valence-corrected chi connectivity index (χ0v) is 13.6. The maximum Gasteiger partial charge on any atom is 0.123 e. The van der Waals surface area contributed by atoms with Crippen LogP contribution in [0.1, 0.15) is 24.2 Å². The molecule has 0 fully saturated rings. The number of likely N-dealkylation sites (N-methyl/N-ethyl adjacent to an activating group) is 1. The molecule has 0 aliphatic heterocycles. The molecule has 2 nitrogen and oxygen atoms in total. The first kappa shape index (κ1) is 16.1. The van der Waals surface area contributed by atoms with Crippen molar-refractivity contribution in [1.29, 1.82) is 0 Å². The van der Waals surface area contributed by atoms with Crippen molar-refractivity contribution in [3.8, 4) is 0 Å². The predicted octanol–water partition coefficient (Wildman–Crippen LogP) is 4.46. The van der Waals surface area contributed by atoms with E-state index in [0.717, 1.165) is 22.1 Å². The molecule has 0 aliphatic carbocycles. The Kier molecular flexibility index (Phi) is 6.36. The van der Waals surface area contributed by atoms with E-state index in [4.69, 9.17) is 4.74 Å². The summed E-state index contributed by atoms with van der Waals surface area (Å²) in [7, 11) is 0. The second-order valence-electron chi connectivity index (χ2n) is 4.79. The van der Waals surface area contributed by atoms with Gasteiger partial charge in [-0.25, -0.2) is 4.39 Å². The molecule has 0 radical (unpaired) electrons. The molecule has 2 rings (SSSR count). The van der Waals surface area contributed by atoms with Crippen LogP contribution >= 0.6 is 15.9 Å². The summed E-state index contributed by atoms with van der Waals surface area (Å²) in [5, 5.41) is 3.28. The quantitative estimate of drug-likeness (QED) is 0.795. The summed E-state index contributed by atoms with van der Waals surface area (Å²) in [6.45, 7) is 4.16. The number of hydrogen-bond acceptors (Lipinski definition) is 2. The fraction of sp³-hybridized carbons (Fsp3) is 0.294. The Bertz CT molecular complexity index is 542. The Morgan fingerprint density at radius 3 is 2.38 bits per heavy atom. The smallest absolute Gasteiger partial charge is 0.123 e. The first-order chi connectivity index (χ1) is 10.2. The van der Waals surface area contributed by atoms with Crippen molar-refractivity contribution in [3.63, 3.8) is 0 Å². The highest BCUT2D eigenvalue weighted by molar-refractivity contribution is 9.10. The van der Waals surface area contributed by atoms with Gasteiger partial charge in [0.05, 0.1) is 12.7 Å². The normalized spacial score (nSPS) is 12.3. The highest BCUT2D eigenvalue weighted by Crippen LogP contribution is 2.20. The first-order valence-electron chi connectivity index (χ1n) is 7.01. The molecule has 0 bridgehead atoms. The average molecular weight is 352 g/mol. The highest BCUT2D eigenvalue weighted by atomic mass is 79.9. The second-order valence-corrected chi connectivity index (χ2v) is 5.70. The highest BCUT2D eigenvalue weighted by Gasteiger charge is 2.12. The minimum absolute atomic E-state index is 0.0887. The fourth-order valence-corrected chi connectivity index (χ4v) is 2.27. The van der Waals surface area contributed by atoms with Crippen molar-refractivity contribution in [2.75, 3.05) is 13.1 Å². The van der Waals surface area contributed by atoms with Crippen LogP contribution in [0.4, 0.5) is 4.39 Å². The van der Waals surface area contributed by atoms with Gasteiger partial charge < -0.3 is 10.1 Å². The summed E-state index contributed by atoms with van der Waals surface area (Å²) in [5.41, 5.74) is 2.09. The second kappa shape index (κ2) is 8.27. The Labute approximate surface area is 133 Å². The van der Waals surface area contributed by atoms with Crippen LogP contribution in [-0.4, -0.2) is 13.1 Å². The standard InChI is InChI=1S/C17H19BrFNO/c1-2-20-11-17(14-5-9-16(19)10-6-14)21-12-13-3-7-15(18)8-4-13/h3-10,17,20H,2,11-12H2,1H3. The van der Waals surface area contributed by atoms with E-state index in [0.29, 0.717) is 13.2 Å². The van der Waals surface area contributed by atoms with E-state index >= 15 is 0 Å². The van der Waals surface area contributed by atoms with Gasteiger partial charge >= 0.3 is 0 Å². The number of ether oxygens (including phenoxy) is 1. The molecule has 1 unspecified atom stereocenters. The van der Waals surface area contributed by atoms with Gasteiger partial charge in [0.1, 0.15) is 5.82 Å². The molecule has 0 aliphatic rings. The van der Waals surface area contributed by atoms with Crippen molar-refractivity contribution < 1.29 is 9.13 Å². The molecular formula is C17H19BrFNO.